The molecule has 4 atom stereocenters. The smallest absolute Gasteiger partial charge is 0.241 e. The van der Waals surface area contributed by atoms with Crippen molar-refractivity contribution in [2.75, 3.05) is 6.26 Å². The number of nitrogens with zero attached hydrogens (tertiary/aromatic N) is 1. The Morgan fingerprint density at radius 2 is 2.33 bits per heavy atom. The lowest BCUT2D eigenvalue weighted by Crippen LogP contribution is -2.43. The largest absolute Gasteiger partial charge is 0.318 e. The first kappa shape index (κ1) is 15.4. The van der Waals surface area contributed by atoms with E-state index < -0.39 is 0 Å². The van der Waals surface area contributed by atoms with Gasteiger partial charge in [0.15, 0.2) is 0 Å². The molecule has 2 heterocycles. The van der Waals surface area contributed by atoms with E-state index in [4.69, 9.17) is 0 Å². The summed E-state index contributed by atoms with van der Waals surface area (Å²) in [6.07, 6.45) is 8.00. The van der Waals surface area contributed by atoms with Crippen molar-refractivity contribution in [3.05, 3.63) is 22.4 Å². The van der Waals surface area contributed by atoms with Crippen LogP contribution in [0.5, 0.6) is 0 Å². The first-order chi connectivity index (χ1) is 10.2. The fourth-order valence-electron chi connectivity index (χ4n) is 3.59. The third-order valence-corrected chi connectivity index (χ3v) is 6.76. The molecule has 116 valence electrons. The lowest BCUT2D eigenvalue weighted by Gasteiger charge is -2.37. The number of hydrogen-bond acceptors (Lipinski definition) is 4. The van der Waals surface area contributed by atoms with Crippen LogP contribution < -0.4 is 5.32 Å². The fourth-order valence-corrected chi connectivity index (χ4v) is 5.18. The van der Waals surface area contributed by atoms with Gasteiger partial charge in [-0.3, -0.25) is 10.1 Å². The van der Waals surface area contributed by atoms with E-state index in [0.717, 1.165) is 19.3 Å². The van der Waals surface area contributed by atoms with E-state index in [0.29, 0.717) is 17.2 Å². The summed E-state index contributed by atoms with van der Waals surface area (Å²) >= 11 is 3.71. The quantitative estimate of drug-likeness (QED) is 0.918. The van der Waals surface area contributed by atoms with Crippen LogP contribution in [-0.4, -0.2) is 34.4 Å². The predicted molar refractivity (Wildman–Crippen MR) is 90.7 cm³/mol. The van der Waals surface area contributed by atoms with Crippen molar-refractivity contribution in [2.45, 2.75) is 62.5 Å². The summed E-state index contributed by atoms with van der Waals surface area (Å²) in [7, 11) is 0. The molecule has 1 aromatic rings. The average Bonchev–Trinajstić information content (AvgIpc) is 3.14. The van der Waals surface area contributed by atoms with Crippen LogP contribution in [0, 0.1) is 0 Å². The zero-order valence-corrected chi connectivity index (χ0v) is 14.4. The molecule has 0 aromatic carbocycles. The Kier molecular flexibility index (Phi) is 4.92. The molecule has 2 aliphatic rings. The molecule has 0 radical (unpaired) electrons. The van der Waals surface area contributed by atoms with Crippen LogP contribution in [0.1, 0.15) is 50.1 Å². The first-order valence-corrected chi connectivity index (χ1v) is 10.1. The standard InChI is InChI=1S/C16H24N2OS2/c1-3-13-16(19)18(11-6-4-7-12(10-11)20-2)15(17-13)14-8-5-9-21-14/h5,8-9,11-13,15,17H,3-4,6-7,10H2,1-2H3. The van der Waals surface area contributed by atoms with Crippen LogP contribution in [0.4, 0.5) is 0 Å². The third-order valence-electron chi connectivity index (χ3n) is 4.74. The summed E-state index contributed by atoms with van der Waals surface area (Å²) < 4.78 is 0. The zero-order chi connectivity index (χ0) is 14.8. The summed E-state index contributed by atoms with van der Waals surface area (Å²) in [6.45, 7) is 2.09. The molecular formula is C16H24N2OS2. The predicted octanol–water partition coefficient (Wildman–Crippen LogP) is 3.63. The minimum Gasteiger partial charge on any atom is -0.318 e. The summed E-state index contributed by atoms with van der Waals surface area (Å²) in [5, 5.41) is 6.36. The van der Waals surface area contributed by atoms with E-state index in [2.05, 4.69) is 40.9 Å². The van der Waals surface area contributed by atoms with Crippen LogP contribution >= 0.6 is 23.1 Å². The van der Waals surface area contributed by atoms with E-state index in [-0.39, 0.29) is 12.2 Å². The molecular weight excluding hydrogens is 300 g/mol. The van der Waals surface area contributed by atoms with E-state index >= 15 is 0 Å². The minimum atomic E-state index is -0.00763. The second-order valence-electron chi connectivity index (χ2n) is 5.97. The molecule has 4 unspecified atom stereocenters. The summed E-state index contributed by atoms with van der Waals surface area (Å²) in [5.74, 6) is 0.308. The van der Waals surface area contributed by atoms with Gasteiger partial charge in [-0.1, -0.05) is 19.4 Å². The molecule has 3 rings (SSSR count). The summed E-state index contributed by atoms with van der Waals surface area (Å²) in [4.78, 5) is 16.2. The number of nitrogens with one attached hydrogen (secondary N) is 1. The van der Waals surface area contributed by atoms with Crippen molar-refractivity contribution >= 4 is 29.0 Å². The molecule has 0 bridgehead atoms. The van der Waals surface area contributed by atoms with E-state index in [1.165, 1.54) is 17.7 Å². The van der Waals surface area contributed by atoms with Crippen LogP contribution in [0.15, 0.2) is 17.5 Å². The molecule has 1 amide bonds. The number of rotatable bonds is 4. The van der Waals surface area contributed by atoms with Gasteiger partial charge in [0.25, 0.3) is 0 Å². The number of hydrogen-bond donors (Lipinski definition) is 1. The van der Waals surface area contributed by atoms with Crippen LogP contribution in [0.3, 0.4) is 0 Å². The van der Waals surface area contributed by atoms with Crippen molar-refractivity contribution in [1.29, 1.82) is 0 Å². The Morgan fingerprint density at radius 1 is 1.48 bits per heavy atom. The molecule has 1 aliphatic carbocycles. The minimum absolute atomic E-state index is 0.00763. The maximum absolute atomic E-state index is 12.8. The monoisotopic (exact) mass is 324 g/mol. The number of thioether (sulfide) groups is 1. The van der Waals surface area contributed by atoms with Crippen molar-refractivity contribution in [1.82, 2.24) is 10.2 Å². The van der Waals surface area contributed by atoms with Gasteiger partial charge in [-0.25, -0.2) is 0 Å². The Balaban J connectivity index is 1.83. The van der Waals surface area contributed by atoms with Gasteiger partial charge in [-0.15, -0.1) is 11.3 Å². The Hall–Kier alpha value is -0.520. The second-order valence-corrected chi connectivity index (χ2v) is 8.09. The molecule has 1 saturated carbocycles. The van der Waals surface area contributed by atoms with Gasteiger partial charge in [-0.2, -0.15) is 11.8 Å². The van der Waals surface area contributed by atoms with Gasteiger partial charge >= 0.3 is 0 Å². The summed E-state index contributed by atoms with van der Waals surface area (Å²) in [5.41, 5.74) is 0. The van der Waals surface area contributed by atoms with Gasteiger partial charge < -0.3 is 4.90 Å². The van der Waals surface area contributed by atoms with Crippen molar-refractivity contribution in [3.8, 4) is 0 Å². The molecule has 1 saturated heterocycles. The second kappa shape index (κ2) is 6.71. The lowest BCUT2D eigenvalue weighted by molar-refractivity contribution is -0.133. The van der Waals surface area contributed by atoms with Gasteiger partial charge in [0.1, 0.15) is 6.17 Å². The van der Waals surface area contributed by atoms with E-state index in [1.54, 1.807) is 11.3 Å². The first-order valence-electron chi connectivity index (χ1n) is 7.89. The number of thiophene rings is 1. The van der Waals surface area contributed by atoms with E-state index in [9.17, 15) is 4.79 Å². The molecule has 0 spiro atoms. The van der Waals surface area contributed by atoms with Crippen LogP contribution in [0.2, 0.25) is 0 Å². The fraction of sp³-hybridized carbons (Fsp3) is 0.688. The average molecular weight is 325 g/mol. The van der Waals surface area contributed by atoms with Gasteiger partial charge in [-0.05, 0) is 43.4 Å². The Labute approximate surface area is 135 Å². The van der Waals surface area contributed by atoms with Crippen molar-refractivity contribution in [3.63, 3.8) is 0 Å². The topological polar surface area (TPSA) is 32.3 Å². The molecule has 1 N–H and O–H groups in total. The summed E-state index contributed by atoms with van der Waals surface area (Å²) in [6, 6.07) is 4.62. The van der Waals surface area contributed by atoms with Gasteiger partial charge in [0.2, 0.25) is 5.91 Å². The van der Waals surface area contributed by atoms with Crippen molar-refractivity contribution in [2.24, 2.45) is 0 Å². The molecule has 2 fully saturated rings. The highest BCUT2D eigenvalue weighted by Gasteiger charge is 2.43. The zero-order valence-electron chi connectivity index (χ0n) is 12.7. The normalized spacial score (nSPS) is 33.6. The Bertz CT molecular complexity index is 477. The number of carbonyl (C=O) groups is 1. The molecule has 21 heavy (non-hydrogen) atoms. The highest BCUT2D eigenvalue weighted by atomic mass is 32.2. The molecule has 1 aliphatic heterocycles. The third kappa shape index (κ3) is 3.01. The van der Waals surface area contributed by atoms with Gasteiger partial charge in [0, 0.05) is 16.2 Å². The van der Waals surface area contributed by atoms with Crippen LogP contribution in [-0.2, 0) is 4.79 Å². The highest BCUT2D eigenvalue weighted by molar-refractivity contribution is 7.99. The Morgan fingerprint density at radius 3 is 3.00 bits per heavy atom. The number of amides is 1. The maximum atomic E-state index is 12.8. The van der Waals surface area contributed by atoms with Crippen molar-refractivity contribution < 1.29 is 4.79 Å². The van der Waals surface area contributed by atoms with E-state index in [1.807, 2.05) is 11.8 Å². The maximum Gasteiger partial charge on any atom is 0.241 e. The molecule has 1 aromatic heterocycles. The lowest BCUT2D eigenvalue weighted by atomic mass is 9.93. The van der Waals surface area contributed by atoms with Gasteiger partial charge in [0.05, 0.1) is 6.04 Å². The highest BCUT2D eigenvalue weighted by Crippen LogP contribution is 2.37. The SMILES string of the molecule is CCC1NC(c2cccs2)N(C2CCCC(SC)C2)C1=O. The molecule has 5 heteroatoms. The molecule has 3 nitrogen and oxygen atoms in total. The van der Waals surface area contributed by atoms with Crippen LogP contribution in [0.25, 0.3) is 0 Å². The number of carbonyl (C=O) groups excluding carboxylic acids is 1.